The second-order valence-corrected chi connectivity index (χ2v) is 7.44. The van der Waals surface area contributed by atoms with Gasteiger partial charge in [0.05, 0.1) is 19.9 Å². The van der Waals surface area contributed by atoms with E-state index in [4.69, 9.17) is 9.47 Å². The van der Waals surface area contributed by atoms with Crippen molar-refractivity contribution in [2.24, 2.45) is 0 Å². The fraction of sp³-hybridized carbons (Fsp3) is 0.235. The molecule has 9 heteroatoms. The number of carbonyl (C=O) groups is 1. The van der Waals surface area contributed by atoms with Gasteiger partial charge >= 0.3 is 0 Å². The van der Waals surface area contributed by atoms with Crippen molar-refractivity contribution in [3.05, 3.63) is 42.0 Å². The minimum Gasteiger partial charge on any atom is -0.493 e. The molecule has 1 atom stereocenters. The standard InChI is InChI=1S/C17H19N3O5S/c1-10-4-7-15-12(8-10)19-16(20-26(15,22)23)17(21)18-11-5-6-13(24-2)14(9-11)25-3/h4-9,16,19-20H,1-3H3,(H,18,21). The van der Waals surface area contributed by atoms with Gasteiger partial charge in [-0.05, 0) is 36.8 Å². The SMILES string of the molecule is COc1ccc(NC(=O)C2Nc3cc(C)ccc3S(=O)(=O)N2)cc1OC. The summed E-state index contributed by atoms with van der Waals surface area (Å²) in [5.74, 6) is 0.419. The summed E-state index contributed by atoms with van der Waals surface area (Å²) in [5.41, 5.74) is 1.72. The van der Waals surface area contributed by atoms with Crippen LogP contribution in [-0.2, 0) is 14.8 Å². The summed E-state index contributed by atoms with van der Waals surface area (Å²) in [6.45, 7) is 1.84. The van der Waals surface area contributed by atoms with Gasteiger partial charge in [0.2, 0.25) is 10.0 Å². The Hall–Kier alpha value is -2.78. The molecule has 2 aromatic rings. The van der Waals surface area contributed by atoms with Crippen LogP contribution in [0.2, 0.25) is 0 Å². The van der Waals surface area contributed by atoms with Gasteiger partial charge in [0, 0.05) is 11.8 Å². The Morgan fingerprint density at radius 1 is 1.08 bits per heavy atom. The number of aryl methyl sites for hydroxylation is 1. The molecule has 0 aromatic heterocycles. The lowest BCUT2D eigenvalue weighted by Gasteiger charge is -2.27. The maximum atomic E-state index is 12.5. The molecule has 1 aliphatic rings. The van der Waals surface area contributed by atoms with E-state index in [0.717, 1.165) is 5.56 Å². The molecule has 1 aliphatic heterocycles. The highest BCUT2D eigenvalue weighted by atomic mass is 32.2. The van der Waals surface area contributed by atoms with E-state index < -0.39 is 22.1 Å². The van der Waals surface area contributed by atoms with Crippen LogP contribution in [0.5, 0.6) is 11.5 Å². The molecule has 0 radical (unpaired) electrons. The predicted octanol–water partition coefficient (Wildman–Crippen LogP) is 1.68. The summed E-state index contributed by atoms with van der Waals surface area (Å²) >= 11 is 0. The molecule has 0 aliphatic carbocycles. The van der Waals surface area contributed by atoms with Gasteiger partial charge in [0.15, 0.2) is 17.7 Å². The highest BCUT2D eigenvalue weighted by molar-refractivity contribution is 7.89. The molecule has 1 heterocycles. The smallest absolute Gasteiger partial charge is 0.262 e. The Morgan fingerprint density at radius 3 is 2.50 bits per heavy atom. The molecular formula is C17H19N3O5S. The number of fused-ring (bicyclic) bond motifs is 1. The van der Waals surface area contributed by atoms with E-state index in [2.05, 4.69) is 15.4 Å². The van der Waals surface area contributed by atoms with E-state index in [0.29, 0.717) is 22.9 Å². The number of nitrogens with one attached hydrogen (secondary N) is 3. The first-order chi connectivity index (χ1) is 12.3. The Bertz CT molecular complexity index is 959. The molecule has 138 valence electrons. The fourth-order valence-corrected chi connectivity index (χ4v) is 3.90. The molecule has 2 aromatic carbocycles. The fourth-order valence-electron chi connectivity index (χ4n) is 2.64. The first kappa shape index (κ1) is 18.0. The topological polar surface area (TPSA) is 106 Å². The summed E-state index contributed by atoms with van der Waals surface area (Å²) < 4.78 is 37.4. The number of hydrogen-bond acceptors (Lipinski definition) is 6. The minimum atomic E-state index is -3.79. The van der Waals surface area contributed by atoms with Gasteiger partial charge in [-0.25, -0.2) is 8.42 Å². The zero-order valence-electron chi connectivity index (χ0n) is 14.5. The molecule has 0 saturated carbocycles. The molecule has 3 rings (SSSR count). The average Bonchev–Trinajstić information content (AvgIpc) is 2.60. The van der Waals surface area contributed by atoms with E-state index in [1.54, 1.807) is 30.3 Å². The van der Waals surface area contributed by atoms with Gasteiger partial charge in [0.25, 0.3) is 5.91 Å². The number of sulfonamides is 1. The molecule has 0 fully saturated rings. The second-order valence-electron chi connectivity index (χ2n) is 5.76. The number of benzene rings is 2. The second kappa shape index (κ2) is 6.85. The third kappa shape index (κ3) is 3.44. The van der Waals surface area contributed by atoms with Crippen LogP contribution in [0, 0.1) is 6.92 Å². The first-order valence-corrected chi connectivity index (χ1v) is 9.25. The summed E-state index contributed by atoms with van der Waals surface area (Å²) in [6.07, 6.45) is -1.14. The molecule has 3 N–H and O–H groups in total. The van der Waals surface area contributed by atoms with Crippen molar-refractivity contribution in [2.75, 3.05) is 24.9 Å². The average molecular weight is 377 g/mol. The summed E-state index contributed by atoms with van der Waals surface area (Å²) in [5, 5.41) is 5.56. The van der Waals surface area contributed by atoms with E-state index in [1.165, 1.54) is 20.3 Å². The summed E-state index contributed by atoms with van der Waals surface area (Å²) in [7, 11) is -0.791. The molecule has 0 spiro atoms. The van der Waals surface area contributed by atoms with Crippen molar-refractivity contribution >= 4 is 27.3 Å². The number of amides is 1. The highest BCUT2D eigenvalue weighted by Gasteiger charge is 2.33. The van der Waals surface area contributed by atoms with Crippen LogP contribution in [0.25, 0.3) is 0 Å². The van der Waals surface area contributed by atoms with Crippen LogP contribution in [0.15, 0.2) is 41.3 Å². The van der Waals surface area contributed by atoms with Crippen LogP contribution in [-0.4, -0.2) is 34.7 Å². The Kier molecular flexibility index (Phi) is 4.75. The van der Waals surface area contributed by atoms with Crippen molar-refractivity contribution in [3.63, 3.8) is 0 Å². The van der Waals surface area contributed by atoms with E-state index in [9.17, 15) is 13.2 Å². The van der Waals surface area contributed by atoms with Gasteiger partial charge < -0.3 is 20.1 Å². The van der Waals surface area contributed by atoms with Gasteiger partial charge in [-0.2, -0.15) is 4.72 Å². The minimum absolute atomic E-state index is 0.110. The lowest BCUT2D eigenvalue weighted by Crippen LogP contribution is -2.51. The van der Waals surface area contributed by atoms with Crippen molar-refractivity contribution in [2.45, 2.75) is 18.0 Å². The van der Waals surface area contributed by atoms with E-state index in [-0.39, 0.29) is 4.90 Å². The summed E-state index contributed by atoms with van der Waals surface area (Å²) in [6, 6.07) is 9.75. The van der Waals surface area contributed by atoms with Crippen LogP contribution >= 0.6 is 0 Å². The Labute approximate surface area is 151 Å². The lowest BCUT2D eigenvalue weighted by atomic mass is 10.2. The number of carbonyl (C=O) groups excluding carboxylic acids is 1. The molecule has 0 saturated heterocycles. The quantitative estimate of drug-likeness (QED) is 0.749. The van der Waals surface area contributed by atoms with Crippen molar-refractivity contribution in [1.29, 1.82) is 0 Å². The Balaban J connectivity index is 1.83. The number of methoxy groups -OCH3 is 2. The van der Waals surface area contributed by atoms with Gasteiger partial charge in [-0.15, -0.1) is 0 Å². The molecular weight excluding hydrogens is 358 g/mol. The monoisotopic (exact) mass is 377 g/mol. The normalized spacial score (nSPS) is 17.6. The van der Waals surface area contributed by atoms with Crippen LogP contribution < -0.4 is 24.8 Å². The maximum absolute atomic E-state index is 12.5. The van der Waals surface area contributed by atoms with Crippen molar-refractivity contribution in [3.8, 4) is 11.5 Å². The Morgan fingerprint density at radius 2 is 1.81 bits per heavy atom. The highest BCUT2D eigenvalue weighted by Crippen LogP contribution is 2.30. The van der Waals surface area contributed by atoms with Gasteiger partial charge in [-0.1, -0.05) is 6.07 Å². The van der Waals surface area contributed by atoms with Crippen LogP contribution in [0.1, 0.15) is 5.56 Å². The van der Waals surface area contributed by atoms with Crippen molar-refractivity contribution in [1.82, 2.24) is 4.72 Å². The zero-order chi connectivity index (χ0) is 18.9. The van der Waals surface area contributed by atoms with Crippen molar-refractivity contribution < 1.29 is 22.7 Å². The van der Waals surface area contributed by atoms with E-state index in [1.807, 2.05) is 6.92 Å². The number of anilines is 2. The zero-order valence-corrected chi connectivity index (χ0v) is 15.3. The number of hydrogen-bond donors (Lipinski definition) is 3. The predicted molar refractivity (Wildman–Crippen MR) is 97.1 cm³/mol. The molecule has 0 bridgehead atoms. The first-order valence-electron chi connectivity index (χ1n) is 7.76. The lowest BCUT2D eigenvalue weighted by molar-refractivity contribution is -0.117. The molecule has 1 unspecified atom stereocenters. The number of rotatable bonds is 4. The largest absolute Gasteiger partial charge is 0.493 e. The van der Waals surface area contributed by atoms with E-state index >= 15 is 0 Å². The molecule has 8 nitrogen and oxygen atoms in total. The van der Waals surface area contributed by atoms with Gasteiger partial charge in [-0.3, -0.25) is 4.79 Å². The third-order valence-corrected chi connectivity index (χ3v) is 5.39. The van der Waals surface area contributed by atoms with Gasteiger partial charge in [0.1, 0.15) is 4.90 Å². The molecule has 1 amide bonds. The summed E-state index contributed by atoms with van der Waals surface area (Å²) in [4.78, 5) is 12.6. The molecule has 26 heavy (non-hydrogen) atoms. The third-order valence-electron chi connectivity index (χ3n) is 3.91. The van der Waals surface area contributed by atoms with Crippen LogP contribution in [0.3, 0.4) is 0 Å². The maximum Gasteiger partial charge on any atom is 0.262 e. The number of ether oxygens (including phenoxy) is 2. The van der Waals surface area contributed by atoms with Crippen LogP contribution in [0.4, 0.5) is 11.4 Å².